The maximum absolute atomic E-state index is 12.6. The monoisotopic (exact) mass is 407 g/mol. The van der Waals surface area contributed by atoms with Gasteiger partial charge in [-0.3, -0.25) is 9.59 Å². The summed E-state index contributed by atoms with van der Waals surface area (Å²) >= 11 is 5.90. The van der Waals surface area contributed by atoms with E-state index in [1.165, 1.54) is 4.90 Å². The Labute approximate surface area is 172 Å². The number of piperazine rings is 1. The van der Waals surface area contributed by atoms with Gasteiger partial charge in [-0.05, 0) is 48.0 Å². The van der Waals surface area contributed by atoms with Gasteiger partial charge >= 0.3 is 11.8 Å². The summed E-state index contributed by atoms with van der Waals surface area (Å²) in [6, 6.07) is 16.2. The standard InChI is InChI=1S/C21H18ClN5O2/c22-16-4-8-18(9-5-16)27-13-12-26(19(28)20(27)29)14-15-2-6-17(7-3-15)25-21-23-10-1-11-24-21/h1-11H,12-14H2,(H,23,24,25). The molecule has 0 saturated carbocycles. The molecule has 1 N–H and O–H groups in total. The molecule has 2 heterocycles. The van der Waals surface area contributed by atoms with Crippen LogP contribution in [0.1, 0.15) is 5.56 Å². The molecule has 146 valence electrons. The molecule has 1 aliphatic rings. The molecule has 2 amide bonds. The fraction of sp³-hybridized carbons (Fsp3) is 0.143. The highest BCUT2D eigenvalue weighted by Crippen LogP contribution is 2.22. The molecule has 0 radical (unpaired) electrons. The number of rotatable bonds is 5. The third-order valence-electron chi connectivity index (χ3n) is 4.60. The largest absolute Gasteiger partial charge is 0.328 e. The van der Waals surface area contributed by atoms with E-state index in [2.05, 4.69) is 15.3 Å². The van der Waals surface area contributed by atoms with E-state index in [4.69, 9.17) is 11.6 Å². The van der Waals surface area contributed by atoms with Crippen molar-refractivity contribution in [2.45, 2.75) is 6.54 Å². The Bertz CT molecular complexity index is 1010. The SMILES string of the molecule is O=C1C(=O)N(c2ccc(Cl)cc2)CCN1Cc1ccc(Nc2ncccn2)cc1. The number of carbonyl (C=O) groups excluding carboxylic acids is 2. The second-order valence-corrected chi connectivity index (χ2v) is 6.99. The van der Waals surface area contributed by atoms with Crippen molar-refractivity contribution in [1.29, 1.82) is 0 Å². The first-order chi connectivity index (χ1) is 14.1. The number of nitrogens with zero attached hydrogens (tertiary/aromatic N) is 4. The summed E-state index contributed by atoms with van der Waals surface area (Å²) in [4.78, 5) is 36.4. The van der Waals surface area contributed by atoms with Crippen molar-refractivity contribution in [3.8, 4) is 0 Å². The summed E-state index contributed by atoms with van der Waals surface area (Å²) in [7, 11) is 0. The van der Waals surface area contributed by atoms with Crippen molar-refractivity contribution in [2.24, 2.45) is 0 Å². The molecular weight excluding hydrogens is 390 g/mol. The quantitative estimate of drug-likeness (QED) is 0.657. The summed E-state index contributed by atoms with van der Waals surface area (Å²) in [6.07, 6.45) is 3.33. The number of aromatic nitrogens is 2. The van der Waals surface area contributed by atoms with Crippen LogP contribution < -0.4 is 10.2 Å². The second-order valence-electron chi connectivity index (χ2n) is 6.55. The van der Waals surface area contributed by atoms with Crippen molar-refractivity contribution < 1.29 is 9.59 Å². The van der Waals surface area contributed by atoms with Gasteiger partial charge in [0.25, 0.3) is 0 Å². The summed E-state index contributed by atoms with van der Waals surface area (Å²) < 4.78 is 0. The van der Waals surface area contributed by atoms with Gasteiger partial charge in [-0.15, -0.1) is 0 Å². The van der Waals surface area contributed by atoms with E-state index in [-0.39, 0.29) is 0 Å². The minimum atomic E-state index is -0.530. The summed E-state index contributed by atoms with van der Waals surface area (Å²) in [5, 5.41) is 3.69. The van der Waals surface area contributed by atoms with Crippen molar-refractivity contribution in [2.75, 3.05) is 23.3 Å². The third-order valence-corrected chi connectivity index (χ3v) is 4.85. The first-order valence-electron chi connectivity index (χ1n) is 9.09. The maximum Gasteiger partial charge on any atom is 0.316 e. The summed E-state index contributed by atoms with van der Waals surface area (Å²) in [5.74, 6) is -0.525. The van der Waals surface area contributed by atoms with Gasteiger partial charge in [-0.2, -0.15) is 0 Å². The number of hydrogen-bond donors (Lipinski definition) is 1. The van der Waals surface area contributed by atoms with Crippen LogP contribution >= 0.6 is 11.6 Å². The average molecular weight is 408 g/mol. The molecule has 1 fully saturated rings. The Morgan fingerprint density at radius 1 is 0.897 bits per heavy atom. The number of halogens is 1. The van der Waals surface area contributed by atoms with Crippen LogP contribution in [0, 0.1) is 0 Å². The van der Waals surface area contributed by atoms with Crippen LogP contribution in [0.2, 0.25) is 5.02 Å². The van der Waals surface area contributed by atoms with Crippen molar-refractivity contribution >= 4 is 40.7 Å². The van der Waals surface area contributed by atoms with Crippen LogP contribution in [0.5, 0.6) is 0 Å². The van der Waals surface area contributed by atoms with Crippen LogP contribution in [0.25, 0.3) is 0 Å². The minimum Gasteiger partial charge on any atom is -0.328 e. The Morgan fingerprint density at radius 3 is 2.28 bits per heavy atom. The lowest BCUT2D eigenvalue weighted by Gasteiger charge is -2.33. The van der Waals surface area contributed by atoms with Gasteiger partial charge in [-0.25, -0.2) is 9.97 Å². The van der Waals surface area contributed by atoms with Crippen LogP contribution in [0.4, 0.5) is 17.3 Å². The van der Waals surface area contributed by atoms with E-state index in [1.54, 1.807) is 47.6 Å². The molecule has 8 heteroatoms. The van der Waals surface area contributed by atoms with E-state index in [1.807, 2.05) is 24.3 Å². The zero-order chi connectivity index (χ0) is 20.2. The zero-order valence-corrected chi connectivity index (χ0v) is 16.2. The number of anilines is 3. The first kappa shape index (κ1) is 18.9. The van der Waals surface area contributed by atoms with Crippen molar-refractivity contribution in [1.82, 2.24) is 14.9 Å². The zero-order valence-electron chi connectivity index (χ0n) is 15.5. The van der Waals surface area contributed by atoms with Gasteiger partial charge in [-0.1, -0.05) is 23.7 Å². The van der Waals surface area contributed by atoms with Crippen molar-refractivity contribution in [3.05, 3.63) is 77.6 Å². The smallest absolute Gasteiger partial charge is 0.316 e. The normalized spacial score (nSPS) is 14.2. The predicted molar refractivity (Wildman–Crippen MR) is 111 cm³/mol. The number of amides is 2. The van der Waals surface area contributed by atoms with Gasteiger partial charge in [0.2, 0.25) is 5.95 Å². The molecule has 1 aliphatic heterocycles. The van der Waals surface area contributed by atoms with Crippen LogP contribution in [-0.4, -0.2) is 39.8 Å². The molecule has 1 saturated heterocycles. The number of carbonyl (C=O) groups is 2. The summed E-state index contributed by atoms with van der Waals surface area (Å²) in [6.45, 7) is 1.28. The molecule has 0 atom stereocenters. The molecule has 4 rings (SSSR count). The highest BCUT2D eigenvalue weighted by Gasteiger charge is 2.33. The highest BCUT2D eigenvalue weighted by atomic mass is 35.5. The lowest BCUT2D eigenvalue weighted by molar-refractivity contribution is -0.146. The van der Waals surface area contributed by atoms with Crippen LogP contribution in [0.3, 0.4) is 0 Å². The Hall–Kier alpha value is -3.45. The number of nitrogens with one attached hydrogen (secondary N) is 1. The van der Waals surface area contributed by atoms with Gasteiger partial charge < -0.3 is 15.1 Å². The predicted octanol–water partition coefficient (Wildman–Crippen LogP) is 3.25. The third kappa shape index (κ3) is 4.35. The lowest BCUT2D eigenvalue weighted by atomic mass is 10.1. The minimum absolute atomic E-state index is 0.376. The molecule has 0 aliphatic carbocycles. The molecule has 0 unspecified atom stereocenters. The fourth-order valence-corrected chi connectivity index (χ4v) is 3.23. The van der Waals surface area contributed by atoms with Gasteiger partial charge in [0.15, 0.2) is 0 Å². The molecule has 0 spiro atoms. The molecule has 7 nitrogen and oxygen atoms in total. The van der Waals surface area contributed by atoms with Crippen LogP contribution in [0.15, 0.2) is 67.0 Å². The molecule has 0 bridgehead atoms. The van der Waals surface area contributed by atoms with E-state index < -0.39 is 11.8 Å². The molecule has 3 aromatic rings. The van der Waals surface area contributed by atoms with Crippen molar-refractivity contribution in [3.63, 3.8) is 0 Å². The first-order valence-corrected chi connectivity index (χ1v) is 9.47. The Balaban J connectivity index is 1.39. The Kier molecular flexibility index (Phi) is 5.39. The highest BCUT2D eigenvalue weighted by molar-refractivity contribution is 6.41. The number of hydrogen-bond acceptors (Lipinski definition) is 5. The van der Waals surface area contributed by atoms with E-state index in [9.17, 15) is 9.59 Å². The fourth-order valence-electron chi connectivity index (χ4n) is 3.10. The number of benzene rings is 2. The molecule has 2 aromatic carbocycles. The molecular formula is C21H18ClN5O2. The van der Waals surface area contributed by atoms with Gasteiger partial charge in [0.1, 0.15) is 0 Å². The molecule has 29 heavy (non-hydrogen) atoms. The van der Waals surface area contributed by atoms with E-state index in [0.29, 0.717) is 36.3 Å². The maximum atomic E-state index is 12.6. The summed E-state index contributed by atoms with van der Waals surface area (Å²) in [5.41, 5.74) is 2.45. The van der Waals surface area contributed by atoms with E-state index >= 15 is 0 Å². The van der Waals surface area contributed by atoms with Gasteiger partial charge in [0, 0.05) is 48.4 Å². The average Bonchev–Trinajstić information content (AvgIpc) is 2.75. The van der Waals surface area contributed by atoms with Gasteiger partial charge in [0.05, 0.1) is 0 Å². The van der Waals surface area contributed by atoms with Crippen LogP contribution in [-0.2, 0) is 16.1 Å². The lowest BCUT2D eigenvalue weighted by Crippen LogP contribution is -2.54. The topological polar surface area (TPSA) is 78.4 Å². The Morgan fingerprint density at radius 2 is 1.59 bits per heavy atom. The second kappa shape index (κ2) is 8.28. The molecule has 1 aromatic heterocycles. The van der Waals surface area contributed by atoms with E-state index in [0.717, 1.165) is 11.3 Å².